The zero-order valence-corrected chi connectivity index (χ0v) is 13.4. The standard InChI is InChI=1S/C16H14Cl2FNO2/c1-20(8-9-22-13-5-2-11(17)3-6-13)16(21)14-7-4-12(19)10-15(14)18/h2-7,10H,8-9H2,1H3. The van der Waals surface area contributed by atoms with E-state index in [4.69, 9.17) is 27.9 Å². The Bertz CT molecular complexity index is 662. The van der Waals surface area contributed by atoms with E-state index in [1.165, 1.54) is 17.0 Å². The van der Waals surface area contributed by atoms with E-state index in [0.717, 1.165) is 6.07 Å². The number of nitrogens with zero attached hydrogens (tertiary/aromatic N) is 1. The van der Waals surface area contributed by atoms with Crippen LogP contribution in [0.3, 0.4) is 0 Å². The van der Waals surface area contributed by atoms with Crippen molar-refractivity contribution in [3.8, 4) is 5.75 Å². The molecule has 116 valence electrons. The highest BCUT2D eigenvalue weighted by atomic mass is 35.5. The van der Waals surface area contributed by atoms with Gasteiger partial charge in [0.1, 0.15) is 18.2 Å². The van der Waals surface area contributed by atoms with Gasteiger partial charge < -0.3 is 9.64 Å². The molecule has 0 saturated heterocycles. The highest BCUT2D eigenvalue weighted by molar-refractivity contribution is 6.33. The summed E-state index contributed by atoms with van der Waals surface area (Å²) in [4.78, 5) is 13.7. The van der Waals surface area contributed by atoms with Crippen LogP contribution in [0.2, 0.25) is 10.0 Å². The molecule has 0 atom stereocenters. The van der Waals surface area contributed by atoms with Gasteiger partial charge in [0.25, 0.3) is 5.91 Å². The lowest BCUT2D eigenvalue weighted by molar-refractivity contribution is 0.0774. The summed E-state index contributed by atoms with van der Waals surface area (Å²) in [5, 5.41) is 0.723. The molecule has 0 unspecified atom stereocenters. The number of hydrogen-bond donors (Lipinski definition) is 0. The molecule has 0 heterocycles. The van der Waals surface area contributed by atoms with E-state index in [9.17, 15) is 9.18 Å². The SMILES string of the molecule is CN(CCOc1ccc(Cl)cc1)C(=O)c1ccc(F)cc1Cl. The van der Waals surface area contributed by atoms with Crippen molar-refractivity contribution in [2.24, 2.45) is 0 Å². The molecule has 0 saturated carbocycles. The first kappa shape index (κ1) is 16.6. The molecular weight excluding hydrogens is 328 g/mol. The van der Waals surface area contributed by atoms with Gasteiger partial charge in [0.2, 0.25) is 0 Å². The Kier molecular flexibility index (Phi) is 5.63. The summed E-state index contributed by atoms with van der Waals surface area (Å²) >= 11 is 11.7. The molecular formula is C16H14Cl2FNO2. The molecule has 0 spiro atoms. The Morgan fingerprint density at radius 1 is 1.18 bits per heavy atom. The van der Waals surface area contributed by atoms with Crippen LogP contribution in [0.25, 0.3) is 0 Å². The first-order chi connectivity index (χ1) is 10.5. The summed E-state index contributed by atoms with van der Waals surface area (Å²) in [6, 6.07) is 10.6. The van der Waals surface area contributed by atoms with Crippen LogP contribution < -0.4 is 4.74 Å². The number of hydrogen-bond acceptors (Lipinski definition) is 2. The van der Waals surface area contributed by atoms with E-state index < -0.39 is 5.82 Å². The second-order valence-corrected chi connectivity index (χ2v) is 5.50. The van der Waals surface area contributed by atoms with Crippen molar-refractivity contribution in [1.82, 2.24) is 4.90 Å². The smallest absolute Gasteiger partial charge is 0.255 e. The number of benzene rings is 2. The summed E-state index contributed by atoms with van der Waals surface area (Å²) in [6.45, 7) is 0.692. The number of ether oxygens (including phenoxy) is 1. The monoisotopic (exact) mass is 341 g/mol. The van der Waals surface area contributed by atoms with Gasteiger partial charge in [-0.15, -0.1) is 0 Å². The molecule has 0 radical (unpaired) electrons. The van der Waals surface area contributed by atoms with Gasteiger partial charge in [0, 0.05) is 12.1 Å². The lowest BCUT2D eigenvalue weighted by Crippen LogP contribution is -2.31. The Balaban J connectivity index is 1.90. The summed E-state index contributed by atoms with van der Waals surface area (Å²) in [5.74, 6) is -0.0926. The van der Waals surface area contributed by atoms with Crippen molar-refractivity contribution < 1.29 is 13.9 Å². The van der Waals surface area contributed by atoms with Gasteiger partial charge in [-0.1, -0.05) is 23.2 Å². The zero-order chi connectivity index (χ0) is 16.1. The van der Waals surface area contributed by atoms with Crippen LogP contribution in [0, 0.1) is 5.82 Å². The maximum atomic E-state index is 13.0. The molecule has 22 heavy (non-hydrogen) atoms. The predicted octanol–water partition coefficient (Wildman–Crippen LogP) is 4.28. The van der Waals surface area contributed by atoms with E-state index in [0.29, 0.717) is 23.9 Å². The number of halogens is 3. The molecule has 2 aromatic carbocycles. The van der Waals surface area contributed by atoms with Gasteiger partial charge in [-0.2, -0.15) is 0 Å². The molecule has 0 fully saturated rings. The minimum Gasteiger partial charge on any atom is -0.492 e. The van der Waals surface area contributed by atoms with Crippen LogP contribution >= 0.6 is 23.2 Å². The molecule has 0 aliphatic carbocycles. The van der Waals surface area contributed by atoms with E-state index in [2.05, 4.69) is 0 Å². The third kappa shape index (κ3) is 4.36. The summed E-state index contributed by atoms with van der Waals surface area (Å²) in [6.07, 6.45) is 0. The molecule has 0 aliphatic heterocycles. The minimum absolute atomic E-state index is 0.0930. The lowest BCUT2D eigenvalue weighted by Gasteiger charge is -2.18. The Morgan fingerprint density at radius 3 is 2.50 bits per heavy atom. The third-order valence-electron chi connectivity index (χ3n) is 3.02. The normalized spacial score (nSPS) is 10.4. The summed E-state index contributed by atoms with van der Waals surface area (Å²) in [7, 11) is 1.63. The molecule has 0 aliphatic rings. The van der Waals surface area contributed by atoms with Crippen LogP contribution in [0.4, 0.5) is 4.39 Å². The van der Waals surface area contributed by atoms with E-state index in [1.54, 1.807) is 31.3 Å². The van der Waals surface area contributed by atoms with Crippen molar-refractivity contribution in [2.45, 2.75) is 0 Å². The molecule has 0 aromatic heterocycles. The van der Waals surface area contributed by atoms with Crippen LogP contribution in [0.5, 0.6) is 5.75 Å². The molecule has 3 nitrogen and oxygen atoms in total. The van der Waals surface area contributed by atoms with Gasteiger partial charge in [-0.3, -0.25) is 4.79 Å². The molecule has 2 rings (SSSR count). The maximum Gasteiger partial charge on any atom is 0.255 e. The highest BCUT2D eigenvalue weighted by Crippen LogP contribution is 2.19. The Morgan fingerprint density at radius 2 is 1.86 bits per heavy atom. The zero-order valence-electron chi connectivity index (χ0n) is 11.9. The van der Waals surface area contributed by atoms with Gasteiger partial charge in [0.15, 0.2) is 0 Å². The Hall–Kier alpha value is -1.78. The van der Waals surface area contributed by atoms with Crippen molar-refractivity contribution in [3.05, 3.63) is 63.9 Å². The number of amides is 1. The largest absolute Gasteiger partial charge is 0.492 e. The summed E-state index contributed by atoms with van der Waals surface area (Å²) in [5.41, 5.74) is 0.261. The fourth-order valence-electron chi connectivity index (χ4n) is 1.80. The van der Waals surface area contributed by atoms with E-state index >= 15 is 0 Å². The number of carbonyl (C=O) groups is 1. The predicted molar refractivity (Wildman–Crippen MR) is 85.3 cm³/mol. The van der Waals surface area contributed by atoms with Crippen molar-refractivity contribution in [1.29, 1.82) is 0 Å². The number of rotatable bonds is 5. The van der Waals surface area contributed by atoms with Crippen LogP contribution in [0.1, 0.15) is 10.4 Å². The summed E-state index contributed by atoms with van der Waals surface area (Å²) < 4.78 is 18.5. The van der Waals surface area contributed by atoms with Crippen molar-refractivity contribution >= 4 is 29.1 Å². The lowest BCUT2D eigenvalue weighted by atomic mass is 10.2. The van der Waals surface area contributed by atoms with Crippen LogP contribution in [-0.2, 0) is 0 Å². The van der Waals surface area contributed by atoms with Crippen molar-refractivity contribution in [2.75, 3.05) is 20.2 Å². The van der Waals surface area contributed by atoms with Gasteiger partial charge in [0.05, 0.1) is 17.1 Å². The molecule has 2 aromatic rings. The topological polar surface area (TPSA) is 29.5 Å². The van der Waals surface area contributed by atoms with Crippen LogP contribution in [-0.4, -0.2) is 31.0 Å². The van der Waals surface area contributed by atoms with Gasteiger partial charge >= 0.3 is 0 Å². The van der Waals surface area contributed by atoms with Crippen molar-refractivity contribution in [3.63, 3.8) is 0 Å². The number of likely N-dealkylation sites (N-methyl/N-ethyl adjacent to an activating group) is 1. The average Bonchev–Trinajstić information content (AvgIpc) is 2.48. The second kappa shape index (κ2) is 7.47. The molecule has 0 bridgehead atoms. The Labute approximate surface area is 138 Å². The third-order valence-corrected chi connectivity index (χ3v) is 3.58. The molecule has 0 N–H and O–H groups in total. The van der Waals surface area contributed by atoms with Crippen LogP contribution in [0.15, 0.2) is 42.5 Å². The second-order valence-electron chi connectivity index (χ2n) is 4.65. The quantitative estimate of drug-likeness (QED) is 0.812. The highest BCUT2D eigenvalue weighted by Gasteiger charge is 2.15. The van der Waals surface area contributed by atoms with Gasteiger partial charge in [-0.25, -0.2) is 4.39 Å². The number of carbonyl (C=O) groups excluding carboxylic acids is 1. The van der Waals surface area contributed by atoms with E-state index in [-0.39, 0.29) is 16.5 Å². The first-order valence-corrected chi connectivity index (χ1v) is 7.32. The molecule has 6 heteroatoms. The maximum absolute atomic E-state index is 13.0. The minimum atomic E-state index is -0.477. The molecule has 1 amide bonds. The fraction of sp³-hybridized carbons (Fsp3) is 0.188. The average molecular weight is 342 g/mol. The van der Waals surface area contributed by atoms with E-state index in [1.807, 2.05) is 0 Å². The first-order valence-electron chi connectivity index (χ1n) is 6.56. The fourth-order valence-corrected chi connectivity index (χ4v) is 2.18. The van der Waals surface area contributed by atoms with Gasteiger partial charge in [-0.05, 0) is 42.5 Å².